The summed E-state index contributed by atoms with van der Waals surface area (Å²) in [5.41, 5.74) is 2.42. The molecule has 1 fully saturated rings. The van der Waals surface area contributed by atoms with Gasteiger partial charge in [-0.1, -0.05) is 25.0 Å². The van der Waals surface area contributed by atoms with Crippen LogP contribution < -0.4 is 5.32 Å². The average molecular weight is 287 g/mol. The molecule has 0 bridgehead atoms. The van der Waals surface area contributed by atoms with Crippen molar-refractivity contribution in [3.05, 3.63) is 48.4 Å². The molecule has 1 N–H and O–H groups in total. The summed E-state index contributed by atoms with van der Waals surface area (Å²) in [5, 5.41) is 4.40. The van der Waals surface area contributed by atoms with Crippen molar-refractivity contribution in [2.45, 2.75) is 48.8 Å². The molecule has 3 rings (SSSR count). The van der Waals surface area contributed by atoms with Crippen LogP contribution >= 0.6 is 11.8 Å². The van der Waals surface area contributed by atoms with E-state index in [0.717, 1.165) is 5.25 Å². The van der Waals surface area contributed by atoms with E-state index in [2.05, 4.69) is 36.5 Å². The molecule has 0 aliphatic heterocycles. The van der Waals surface area contributed by atoms with Crippen LogP contribution in [0.4, 0.5) is 5.69 Å². The number of nitrogens with one attached hydrogen (secondary N) is 1. The van der Waals surface area contributed by atoms with Crippen LogP contribution in [0.3, 0.4) is 0 Å². The highest BCUT2D eigenvalue weighted by Gasteiger charge is 2.18. The maximum Gasteiger partial charge on any atom is 0.0955 e. The predicted octanol–water partition coefficient (Wildman–Crippen LogP) is 5.49. The van der Waals surface area contributed by atoms with Crippen LogP contribution in [0, 0.1) is 0 Å². The lowest BCUT2D eigenvalue weighted by Gasteiger charge is -2.18. The highest BCUT2D eigenvalue weighted by Crippen LogP contribution is 2.38. The van der Waals surface area contributed by atoms with Gasteiger partial charge in [-0.25, -0.2) is 0 Å². The van der Waals surface area contributed by atoms with E-state index in [1.54, 1.807) is 6.26 Å². The van der Waals surface area contributed by atoms with Crippen LogP contribution in [-0.4, -0.2) is 5.25 Å². The Kier molecular flexibility index (Phi) is 4.36. The molecule has 1 aromatic carbocycles. The van der Waals surface area contributed by atoms with Gasteiger partial charge < -0.3 is 9.73 Å². The molecule has 1 heterocycles. The second-order valence-electron chi connectivity index (χ2n) is 5.44. The third-order valence-corrected chi connectivity index (χ3v) is 5.31. The molecule has 3 heteroatoms. The zero-order valence-electron chi connectivity index (χ0n) is 11.8. The molecule has 1 aliphatic rings. The maximum atomic E-state index is 5.17. The van der Waals surface area contributed by atoms with E-state index >= 15 is 0 Å². The van der Waals surface area contributed by atoms with Gasteiger partial charge in [0.15, 0.2) is 0 Å². The first-order valence-corrected chi connectivity index (χ1v) is 8.25. The van der Waals surface area contributed by atoms with Gasteiger partial charge in [0.25, 0.3) is 0 Å². The van der Waals surface area contributed by atoms with Crippen molar-refractivity contribution >= 4 is 17.4 Å². The van der Waals surface area contributed by atoms with Crippen molar-refractivity contribution in [2.75, 3.05) is 5.32 Å². The third kappa shape index (κ3) is 3.21. The molecular formula is C17H21NOS. The number of hydrogen-bond acceptors (Lipinski definition) is 3. The molecule has 106 valence electrons. The summed E-state index contributed by atoms with van der Waals surface area (Å²) in [6, 6.07) is 10.9. The van der Waals surface area contributed by atoms with E-state index in [9.17, 15) is 0 Å². The minimum atomic E-state index is 0.263. The normalized spacial score (nSPS) is 17.2. The summed E-state index contributed by atoms with van der Waals surface area (Å²) in [6.07, 6.45) is 9.03. The summed E-state index contributed by atoms with van der Waals surface area (Å²) in [7, 11) is 0. The number of para-hydroxylation sites is 1. The maximum absolute atomic E-state index is 5.17. The van der Waals surface area contributed by atoms with Gasteiger partial charge in [0.2, 0.25) is 0 Å². The fourth-order valence-electron chi connectivity index (χ4n) is 2.71. The van der Waals surface area contributed by atoms with Gasteiger partial charge in [-0.2, -0.15) is 0 Å². The van der Waals surface area contributed by atoms with Crippen molar-refractivity contribution < 1.29 is 4.42 Å². The molecule has 1 unspecified atom stereocenters. The zero-order valence-corrected chi connectivity index (χ0v) is 12.7. The van der Waals surface area contributed by atoms with Crippen molar-refractivity contribution in [3.63, 3.8) is 0 Å². The summed E-state index contributed by atoms with van der Waals surface area (Å²) >= 11 is 2.03. The first-order chi connectivity index (χ1) is 9.83. The number of benzene rings is 1. The van der Waals surface area contributed by atoms with Crippen LogP contribution in [0.25, 0.3) is 0 Å². The number of rotatable bonds is 5. The topological polar surface area (TPSA) is 25.2 Å². The SMILES string of the molecule is CC(Nc1ccccc1SC1CCCC1)c1ccoc1. The third-order valence-electron chi connectivity index (χ3n) is 3.90. The number of anilines is 1. The standard InChI is InChI=1S/C17H21NOS/c1-13(14-10-11-19-12-14)18-16-8-4-5-9-17(16)20-15-6-2-3-7-15/h4-5,8-13,15,18H,2-3,6-7H2,1H3. The van der Waals surface area contributed by atoms with Gasteiger partial charge in [0.1, 0.15) is 0 Å². The summed E-state index contributed by atoms with van der Waals surface area (Å²) in [6.45, 7) is 2.17. The summed E-state index contributed by atoms with van der Waals surface area (Å²) in [4.78, 5) is 1.37. The zero-order chi connectivity index (χ0) is 13.8. The molecule has 1 aromatic heterocycles. The van der Waals surface area contributed by atoms with E-state index in [4.69, 9.17) is 4.42 Å². The Morgan fingerprint density at radius 2 is 2.00 bits per heavy atom. The smallest absolute Gasteiger partial charge is 0.0955 e. The second-order valence-corrected chi connectivity index (χ2v) is 6.79. The fraction of sp³-hybridized carbons (Fsp3) is 0.412. The molecule has 1 aliphatic carbocycles. The predicted molar refractivity (Wildman–Crippen MR) is 85.3 cm³/mol. The minimum absolute atomic E-state index is 0.263. The van der Waals surface area contributed by atoms with Gasteiger partial charge in [0, 0.05) is 21.4 Å². The van der Waals surface area contributed by atoms with Crippen molar-refractivity contribution in [1.82, 2.24) is 0 Å². The number of furan rings is 1. The Balaban J connectivity index is 1.72. The van der Waals surface area contributed by atoms with Crippen molar-refractivity contribution in [1.29, 1.82) is 0 Å². The van der Waals surface area contributed by atoms with Crippen molar-refractivity contribution in [2.24, 2.45) is 0 Å². The number of thioether (sulfide) groups is 1. The van der Waals surface area contributed by atoms with Crippen LogP contribution in [0.5, 0.6) is 0 Å². The number of hydrogen-bond donors (Lipinski definition) is 1. The highest BCUT2D eigenvalue weighted by molar-refractivity contribution is 8.00. The van der Waals surface area contributed by atoms with E-state index in [1.807, 2.05) is 24.1 Å². The summed E-state index contributed by atoms with van der Waals surface area (Å²) in [5.74, 6) is 0. The van der Waals surface area contributed by atoms with Crippen LogP contribution in [-0.2, 0) is 0 Å². The molecule has 0 amide bonds. The van der Waals surface area contributed by atoms with Crippen LogP contribution in [0.1, 0.15) is 44.2 Å². The quantitative estimate of drug-likeness (QED) is 0.787. The van der Waals surface area contributed by atoms with E-state index in [1.165, 1.54) is 41.8 Å². The first kappa shape index (κ1) is 13.6. The molecule has 0 spiro atoms. The van der Waals surface area contributed by atoms with Gasteiger partial charge in [-0.3, -0.25) is 0 Å². The Bertz CT molecular complexity index is 532. The fourth-order valence-corrected chi connectivity index (χ4v) is 4.05. The molecule has 2 aromatic rings. The molecular weight excluding hydrogens is 266 g/mol. The Labute approximate surface area is 125 Å². The molecule has 0 saturated heterocycles. The first-order valence-electron chi connectivity index (χ1n) is 7.37. The highest BCUT2D eigenvalue weighted by atomic mass is 32.2. The summed E-state index contributed by atoms with van der Waals surface area (Å²) < 4.78 is 5.17. The lowest BCUT2D eigenvalue weighted by atomic mass is 10.1. The van der Waals surface area contributed by atoms with Crippen LogP contribution in [0.15, 0.2) is 52.2 Å². The lowest BCUT2D eigenvalue weighted by Crippen LogP contribution is -2.07. The molecule has 0 radical (unpaired) electrons. The molecule has 1 atom stereocenters. The van der Waals surface area contributed by atoms with E-state index < -0.39 is 0 Å². The molecule has 1 saturated carbocycles. The average Bonchev–Trinajstić information content (AvgIpc) is 3.13. The van der Waals surface area contributed by atoms with Crippen molar-refractivity contribution in [3.8, 4) is 0 Å². The Morgan fingerprint density at radius 3 is 2.75 bits per heavy atom. The van der Waals surface area contributed by atoms with Gasteiger partial charge in [0.05, 0.1) is 18.6 Å². The van der Waals surface area contributed by atoms with Crippen LogP contribution in [0.2, 0.25) is 0 Å². The Hall–Kier alpha value is -1.35. The van der Waals surface area contributed by atoms with Gasteiger partial charge in [-0.05, 0) is 38.0 Å². The second kappa shape index (κ2) is 6.40. The monoisotopic (exact) mass is 287 g/mol. The van der Waals surface area contributed by atoms with Gasteiger partial charge >= 0.3 is 0 Å². The van der Waals surface area contributed by atoms with Gasteiger partial charge in [-0.15, -0.1) is 11.8 Å². The van der Waals surface area contributed by atoms with E-state index in [-0.39, 0.29) is 6.04 Å². The largest absolute Gasteiger partial charge is 0.472 e. The molecule has 2 nitrogen and oxygen atoms in total. The Morgan fingerprint density at radius 1 is 1.20 bits per heavy atom. The lowest BCUT2D eigenvalue weighted by molar-refractivity contribution is 0.562. The molecule has 20 heavy (non-hydrogen) atoms. The minimum Gasteiger partial charge on any atom is -0.472 e. The van der Waals surface area contributed by atoms with E-state index in [0.29, 0.717) is 0 Å².